The fraction of sp³-hybridized carbons (Fsp3) is 0.682. The average molecular weight is 377 g/mol. The highest BCUT2D eigenvalue weighted by Crippen LogP contribution is 2.24. The van der Waals surface area contributed by atoms with Crippen molar-refractivity contribution in [3.63, 3.8) is 0 Å². The van der Waals surface area contributed by atoms with E-state index in [0.29, 0.717) is 25.6 Å². The molecule has 0 radical (unpaired) electrons. The van der Waals surface area contributed by atoms with Crippen LogP contribution in [0.4, 0.5) is 5.69 Å². The molecule has 0 saturated carbocycles. The van der Waals surface area contributed by atoms with E-state index in [9.17, 15) is 4.79 Å². The van der Waals surface area contributed by atoms with E-state index in [1.807, 2.05) is 38.1 Å². The molecule has 1 fully saturated rings. The lowest BCUT2D eigenvalue weighted by Gasteiger charge is -2.29. The molecule has 27 heavy (non-hydrogen) atoms. The second kappa shape index (κ2) is 10.7. The molecule has 1 heterocycles. The molecule has 1 aromatic rings. The number of ether oxygens (including phenoxy) is 2. The fourth-order valence-corrected chi connectivity index (χ4v) is 3.69. The lowest BCUT2D eigenvalue weighted by molar-refractivity contribution is -0.140. The highest BCUT2D eigenvalue weighted by Gasteiger charge is 2.34. The molecule has 1 amide bonds. The van der Waals surface area contributed by atoms with Crippen LogP contribution in [0.25, 0.3) is 0 Å². The minimum Gasteiger partial charge on any atom is -0.492 e. The summed E-state index contributed by atoms with van der Waals surface area (Å²) in [5, 5.41) is 2.98. The molecule has 1 aliphatic heterocycles. The van der Waals surface area contributed by atoms with Crippen LogP contribution < -0.4 is 10.1 Å². The van der Waals surface area contributed by atoms with Gasteiger partial charge in [0, 0.05) is 18.8 Å². The van der Waals surface area contributed by atoms with Gasteiger partial charge in [-0.3, -0.25) is 9.69 Å². The van der Waals surface area contributed by atoms with Gasteiger partial charge in [-0.05, 0) is 76.4 Å². The van der Waals surface area contributed by atoms with E-state index >= 15 is 0 Å². The Morgan fingerprint density at radius 3 is 2.44 bits per heavy atom. The third kappa shape index (κ3) is 7.15. The lowest BCUT2D eigenvalue weighted by Crippen LogP contribution is -2.43. The summed E-state index contributed by atoms with van der Waals surface area (Å²) in [6.07, 6.45) is 4.63. The Bertz CT molecular complexity index is 567. The standard InChI is InChI=1S/C22H36N2O3/c1-5-27-22(4,17-18(2)3)21(25)23-19-9-11-20(12-10-19)26-16-15-24-13-7-6-8-14-24/h9-12,18H,5-8,13-17H2,1-4H3,(H,23,25). The molecule has 1 aliphatic rings. The SMILES string of the molecule is CCOC(C)(CC(C)C)C(=O)Nc1ccc(OCCN2CCCCC2)cc1. The minimum absolute atomic E-state index is 0.100. The summed E-state index contributed by atoms with van der Waals surface area (Å²) in [5.41, 5.74) is -0.0509. The van der Waals surface area contributed by atoms with E-state index in [1.54, 1.807) is 0 Å². The highest BCUT2D eigenvalue weighted by molar-refractivity contribution is 5.97. The Kier molecular flexibility index (Phi) is 8.58. The predicted octanol–water partition coefficient (Wildman–Crippen LogP) is 4.33. The molecule has 1 N–H and O–H groups in total. The molecule has 0 aliphatic carbocycles. The monoisotopic (exact) mass is 376 g/mol. The van der Waals surface area contributed by atoms with Crippen molar-refractivity contribution in [2.75, 3.05) is 38.2 Å². The second-order valence-corrected chi connectivity index (χ2v) is 7.99. The normalized spacial score (nSPS) is 17.5. The Morgan fingerprint density at radius 2 is 1.85 bits per heavy atom. The molecule has 0 spiro atoms. The van der Waals surface area contributed by atoms with Crippen LogP contribution >= 0.6 is 0 Å². The minimum atomic E-state index is -0.813. The zero-order chi connectivity index (χ0) is 19.7. The molecule has 2 rings (SSSR count). The number of nitrogens with one attached hydrogen (secondary N) is 1. The van der Waals surface area contributed by atoms with Crippen LogP contribution in [0.5, 0.6) is 5.75 Å². The molecule has 1 atom stereocenters. The zero-order valence-corrected chi connectivity index (χ0v) is 17.4. The average Bonchev–Trinajstić information content (AvgIpc) is 2.63. The Morgan fingerprint density at radius 1 is 1.19 bits per heavy atom. The number of carbonyl (C=O) groups excluding carboxylic acids is 1. The van der Waals surface area contributed by atoms with Crippen molar-refractivity contribution in [3.8, 4) is 5.75 Å². The van der Waals surface area contributed by atoms with Gasteiger partial charge in [-0.15, -0.1) is 0 Å². The van der Waals surface area contributed by atoms with Gasteiger partial charge >= 0.3 is 0 Å². The van der Waals surface area contributed by atoms with Crippen molar-refractivity contribution >= 4 is 11.6 Å². The van der Waals surface area contributed by atoms with Crippen LogP contribution in [0.1, 0.15) is 53.4 Å². The number of carbonyl (C=O) groups is 1. The van der Waals surface area contributed by atoms with Crippen LogP contribution in [-0.2, 0) is 9.53 Å². The molecule has 0 aromatic heterocycles. The van der Waals surface area contributed by atoms with Gasteiger partial charge in [0.15, 0.2) is 0 Å². The smallest absolute Gasteiger partial charge is 0.256 e. The molecule has 1 aromatic carbocycles. The fourth-order valence-electron chi connectivity index (χ4n) is 3.69. The molecule has 5 heteroatoms. The van der Waals surface area contributed by atoms with Crippen molar-refractivity contribution in [3.05, 3.63) is 24.3 Å². The van der Waals surface area contributed by atoms with Crippen molar-refractivity contribution in [1.82, 2.24) is 4.90 Å². The van der Waals surface area contributed by atoms with Gasteiger partial charge in [0.25, 0.3) is 5.91 Å². The van der Waals surface area contributed by atoms with Gasteiger partial charge in [-0.1, -0.05) is 20.3 Å². The van der Waals surface area contributed by atoms with Gasteiger partial charge in [-0.25, -0.2) is 0 Å². The molecule has 0 bridgehead atoms. The number of hydrogen-bond acceptors (Lipinski definition) is 4. The molecule has 1 unspecified atom stereocenters. The zero-order valence-electron chi connectivity index (χ0n) is 17.4. The number of likely N-dealkylation sites (tertiary alicyclic amines) is 1. The number of piperidine rings is 1. The largest absolute Gasteiger partial charge is 0.492 e. The quantitative estimate of drug-likeness (QED) is 0.660. The number of amides is 1. The first-order valence-electron chi connectivity index (χ1n) is 10.3. The number of rotatable bonds is 10. The van der Waals surface area contributed by atoms with Gasteiger partial charge in [0.2, 0.25) is 0 Å². The van der Waals surface area contributed by atoms with E-state index < -0.39 is 5.60 Å². The molecule has 5 nitrogen and oxygen atoms in total. The number of nitrogens with zero attached hydrogens (tertiary/aromatic N) is 1. The Hall–Kier alpha value is -1.59. The summed E-state index contributed by atoms with van der Waals surface area (Å²) >= 11 is 0. The Balaban J connectivity index is 1.83. The van der Waals surface area contributed by atoms with Gasteiger partial charge in [0.1, 0.15) is 18.0 Å². The first-order chi connectivity index (χ1) is 12.9. The summed E-state index contributed by atoms with van der Waals surface area (Å²) in [7, 11) is 0. The van der Waals surface area contributed by atoms with Gasteiger partial charge in [0.05, 0.1) is 0 Å². The number of anilines is 1. The third-order valence-corrected chi connectivity index (χ3v) is 4.98. The molecule has 152 valence electrons. The lowest BCUT2D eigenvalue weighted by atomic mass is 9.93. The maximum atomic E-state index is 12.7. The number of benzene rings is 1. The van der Waals surface area contributed by atoms with Crippen LogP contribution in [0.3, 0.4) is 0 Å². The molecular formula is C22H36N2O3. The number of hydrogen-bond donors (Lipinski definition) is 1. The van der Waals surface area contributed by atoms with Crippen molar-refractivity contribution in [2.45, 2.75) is 59.0 Å². The summed E-state index contributed by atoms with van der Waals surface area (Å²) in [4.78, 5) is 15.2. The van der Waals surface area contributed by atoms with Crippen molar-refractivity contribution in [1.29, 1.82) is 0 Å². The first kappa shape index (κ1) is 21.7. The van der Waals surface area contributed by atoms with E-state index in [0.717, 1.165) is 18.0 Å². The van der Waals surface area contributed by atoms with Crippen LogP contribution in [-0.4, -0.2) is 49.3 Å². The van der Waals surface area contributed by atoms with E-state index in [1.165, 1.54) is 32.4 Å². The summed E-state index contributed by atoms with van der Waals surface area (Å²) in [6.45, 7) is 12.5. The summed E-state index contributed by atoms with van der Waals surface area (Å²) in [6, 6.07) is 7.59. The maximum absolute atomic E-state index is 12.7. The Labute approximate surface area is 164 Å². The van der Waals surface area contributed by atoms with Crippen LogP contribution in [0.15, 0.2) is 24.3 Å². The van der Waals surface area contributed by atoms with Gasteiger partial charge < -0.3 is 14.8 Å². The van der Waals surface area contributed by atoms with Crippen molar-refractivity contribution in [2.24, 2.45) is 5.92 Å². The summed E-state index contributed by atoms with van der Waals surface area (Å²) in [5.74, 6) is 1.11. The second-order valence-electron chi connectivity index (χ2n) is 7.99. The van der Waals surface area contributed by atoms with Crippen LogP contribution in [0.2, 0.25) is 0 Å². The first-order valence-corrected chi connectivity index (χ1v) is 10.3. The van der Waals surface area contributed by atoms with E-state index in [-0.39, 0.29) is 5.91 Å². The highest BCUT2D eigenvalue weighted by atomic mass is 16.5. The van der Waals surface area contributed by atoms with Gasteiger partial charge in [-0.2, -0.15) is 0 Å². The molecular weight excluding hydrogens is 340 g/mol. The topological polar surface area (TPSA) is 50.8 Å². The molecule has 1 saturated heterocycles. The summed E-state index contributed by atoms with van der Waals surface area (Å²) < 4.78 is 11.6. The van der Waals surface area contributed by atoms with Crippen molar-refractivity contribution < 1.29 is 14.3 Å². The van der Waals surface area contributed by atoms with E-state index in [4.69, 9.17) is 9.47 Å². The predicted molar refractivity (Wildman–Crippen MR) is 110 cm³/mol. The van der Waals surface area contributed by atoms with E-state index in [2.05, 4.69) is 24.1 Å². The third-order valence-electron chi connectivity index (χ3n) is 4.98. The van der Waals surface area contributed by atoms with Crippen LogP contribution in [0, 0.1) is 5.92 Å². The maximum Gasteiger partial charge on any atom is 0.256 e.